The molecule has 0 aromatic heterocycles. The first-order valence-corrected chi connectivity index (χ1v) is 9.24. The van der Waals surface area contributed by atoms with E-state index in [9.17, 15) is 0 Å². The smallest absolute Gasteiger partial charge is 0.407 e. The van der Waals surface area contributed by atoms with Gasteiger partial charge < -0.3 is 9.31 Å². The second-order valence-electron chi connectivity index (χ2n) is 8.06. The Morgan fingerprint density at radius 2 is 1.61 bits per heavy atom. The third-order valence-corrected chi connectivity index (χ3v) is 5.45. The van der Waals surface area contributed by atoms with Gasteiger partial charge in [-0.15, -0.1) is 0 Å². The van der Waals surface area contributed by atoms with E-state index in [1.54, 1.807) is 0 Å². The summed E-state index contributed by atoms with van der Waals surface area (Å²) in [6, 6.07) is 8.80. The largest absolute Gasteiger partial charge is 0.494 e. The first-order valence-electron chi connectivity index (χ1n) is 9.24. The first-order chi connectivity index (χ1) is 10.9. The quantitative estimate of drug-likeness (QED) is 0.534. The minimum Gasteiger partial charge on any atom is -0.407 e. The van der Waals surface area contributed by atoms with E-state index in [0.717, 1.165) is 12.1 Å². The Morgan fingerprint density at radius 1 is 0.957 bits per heavy atom. The van der Waals surface area contributed by atoms with E-state index < -0.39 is 0 Å². The summed E-state index contributed by atoms with van der Waals surface area (Å²) in [5.74, 6) is 0. The monoisotopic (exact) mass is 316 g/mol. The molecule has 0 amide bonds. The lowest BCUT2D eigenvalue weighted by molar-refractivity contribution is -0.0937. The van der Waals surface area contributed by atoms with Crippen LogP contribution >= 0.6 is 0 Å². The van der Waals surface area contributed by atoms with Crippen molar-refractivity contribution in [3.8, 4) is 0 Å². The summed E-state index contributed by atoms with van der Waals surface area (Å²) in [6.07, 6.45) is 7.84. The Labute approximate surface area is 143 Å². The lowest BCUT2D eigenvalue weighted by Gasteiger charge is -2.47. The lowest BCUT2D eigenvalue weighted by Crippen LogP contribution is -2.58. The predicted octanol–water partition coefficient (Wildman–Crippen LogP) is 4.75. The van der Waals surface area contributed by atoms with Gasteiger partial charge in [-0.3, -0.25) is 0 Å². The van der Waals surface area contributed by atoms with E-state index in [0.29, 0.717) is 0 Å². The fraction of sp³-hybridized carbons (Fsp3) is 0.700. The average molecular weight is 316 g/mol. The van der Waals surface area contributed by atoms with Crippen molar-refractivity contribution in [2.24, 2.45) is 5.41 Å². The molecule has 0 bridgehead atoms. The van der Waals surface area contributed by atoms with Gasteiger partial charge in [0.15, 0.2) is 0 Å². The zero-order valence-corrected chi connectivity index (χ0v) is 15.7. The minimum absolute atomic E-state index is 0.0297. The Balaban J connectivity index is 1.88. The van der Waals surface area contributed by atoms with Crippen LogP contribution in [0.4, 0.5) is 0 Å². The molecule has 1 heterocycles. The third-order valence-electron chi connectivity index (χ3n) is 5.45. The molecule has 0 spiro atoms. The molecule has 0 radical (unpaired) electrons. The van der Waals surface area contributed by atoms with E-state index in [-0.39, 0.29) is 18.1 Å². The molecule has 1 aliphatic heterocycles. The maximum atomic E-state index is 6.22. The van der Waals surface area contributed by atoms with Crippen molar-refractivity contribution in [2.45, 2.75) is 78.7 Å². The van der Waals surface area contributed by atoms with Crippen LogP contribution in [0.25, 0.3) is 0 Å². The van der Waals surface area contributed by atoms with Gasteiger partial charge in [-0.25, -0.2) is 0 Å². The molecule has 0 atom stereocenters. The Kier molecular flexibility index (Phi) is 6.33. The summed E-state index contributed by atoms with van der Waals surface area (Å²) in [6.45, 7) is 11.7. The van der Waals surface area contributed by atoms with Crippen LogP contribution in [0.3, 0.4) is 0 Å². The first kappa shape index (κ1) is 18.5. The van der Waals surface area contributed by atoms with Gasteiger partial charge in [0.25, 0.3) is 0 Å². The molecule has 128 valence electrons. The van der Waals surface area contributed by atoms with E-state index >= 15 is 0 Å². The number of hydrogen-bond donors (Lipinski definition) is 0. The third kappa shape index (κ3) is 4.84. The highest BCUT2D eigenvalue weighted by Crippen LogP contribution is 2.37. The van der Waals surface area contributed by atoms with Crippen LogP contribution in [0.15, 0.2) is 24.3 Å². The predicted molar refractivity (Wildman–Crippen MR) is 99.2 cm³/mol. The molecule has 2 rings (SSSR count). The Bertz CT molecular complexity index is 479. The van der Waals surface area contributed by atoms with Crippen molar-refractivity contribution >= 4 is 12.6 Å². The Hall–Kier alpha value is -0.795. The van der Waals surface area contributed by atoms with Gasteiger partial charge in [0, 0.05) is 12.0 Å². The van der Waals surface area contributed by atoms with E-state index in [4.69, 9.17) is 9.31 Å². The second-order valence-corrected chi connectivity index (χ2v) is 8.06. The van der Waals surface area contributed by atoms with Crippen LogP contribution in [-0.4, -0.2) is 19.3 Å². The van der Waals surface area contributed by atoms with Gasteiger partial charge in [0.05, 0.1) is 5.60 Å². The SMILES string of the molecule is CCCCCCCc1ccc(B2OCC(C)(C)C(C)(C)O2)cc1. The number of hydrogen-bond acceptors (Lipinski definition) is 2. The summed E-state index contributed by atoms with van der Waals surface area (Å²) in [4.78, 5) is 0. The number of unbranched alkanes of at least 4 members (excludes halogenated alkanes) is 4. The molecule has 1 fully saturated rings. The van der Waals surface area contributed by atoms with Gasteiger partial charge in [0.2, 0.25) is 0 Å². The minimum atomic E-state index is -0.239. The van der Waals surface area contributed by atoms with Crippen molar-refractivity contribution in [1.29, 1.82) is 0 Å². The van der Waals surface area contributed by atoms with Crippen LogP contribution in [0.2, 0.25) is 0 Å². The van der Waals surface area contributed by atoms with E-state index in [1.165, 1.54) is 44.1 Å². The zero-order chi connectivity index (χ0) is 16.9. The topological polar surface area (TPSA) is 18.5 Å². The molecule has 1 aromatic rings. The molecular formula is C20H33BO2. The molecular weight excluding hydrogens is 283 g/mol. The molecule has 23 heavy (non-hydrogen) atoms. The highest BCUT2D eigenvalue weighted by Gasteiger charge is 2.46. The lowest BCUT2D eigenvalue weighted by atomic mass is 9.69. The van der Waals surface area contributed by atoms with Gasteiger partial charge in [-0.1, -0.05) is 70.7 Å². The van der Waals surface area contributed by atoms with Crippen LogP contribution in [0.1, 0.15) is 72.3 Å². The highest BCUT2D eigenvalue weighted by atomic mass is 16.6. The highest BCUT2D eigenvalue weighted by molar-refractivity contribution is 6.61. The summed E-state index contributed by atoms with van der Waals surface area (Å²) in [5.41, 5.74) is 2.39. The standard InChI is InChI=1S/C20H33BO2/c1-6-7-8-9-10-11-17-12-14-18(15-13-17)21-22-16-19(2,3)20(4,5)23-21/h12-15H,6-11,16H2,1-5H3. The van der Waals surface area contributed by atoms with Crippen molar-refractivity contribution < 1.29 is 9.31 Å². The zero-order valence-electron chi connectivity index (χ0n) is 15.7. The summed E-state index contributed by atoms with van der Waals surface area (Å²) < 4.78 is 12.2. The van der Waals surface area contributed by atoms with Crippen molar-refractivity contribution in [1.82, 2.24) is 0 Å². The van der Waals surface area contributed by atoms with Gasteiger partial charge >= 0.3 is 7.12 Å². The van der Waals surface area contributed by atoms with Crippen molar-refractivity contribution in [3.05, 3.63) is 29.8 Å². The molecule has 1 aromatic carbocycles. The summed E-state index contributed by atoms with van der Waals surface area (Å²) in [7, 11) is -0.239. The molecule has 0 aliphatic carbocycles. The number of benzene rings is 1. The molecule has 3 heteroatoms. The molecule has 2 nitrogen and oxygen atoms in total. The van der Waals surface area contributed by atoms with Gasteiger partial charge in [-0.05, 0) is 37.7 Å². The molecule has 1 aliphatic rings. The van der Waals surface area contributed by atoms with Gasteiger partial charge in [0.1, 0.15) is 0 Å². The van der Waals surface area contributed by atoms with Gasteiger partial charge in [-0.2, -0.15) is 0 Å². The van der Waals surface area contributed by atoms with E-state index in [1.807, 2.05) is 0 Å². The van der Waals surface area contributed by atoms with Crippen LogP contribution in [0.5, 0.6) is 0 Å². The van der Waals surface area contributed by atoms with Crippen LogP contribution < -0.4 is 5.46 Å². The maximum absolute atomic E-state index is 6.22. The summed E-state index contributed by atoms with van der Waals surface area (Å²) >= 11 is 0. The normalized spacial score (nSPS) is 19.8. The molecule has 0 N–H and O–H groups in total. The fourth-order valence-electron chi connectivity index (χ4n) is 2.86. The number of rotatable bonds is 7. The molecule has 0 unspecified atom stereocenters. The number of aryl methyl sites for hydroxylation is 1. The second kappa shape index (κ2) is 7.85. The fourth-order valence-corrected chi connectivity index (χ4v) is 2.86. The van der Waals surface area contributed by atoms with Crippen LogP contribution in [0, 0.1) is 5.41 Å². The molecule has 0 saturated carbocycles. The average Bonchev–Trinajstić information content (AvgIpc) is 2.51. The van der Waals surface area contributed by atoms with Crippen molar-refractivity contribution in [3.63, 3.8) is 0 Å². The Morgan fingerprint density at radius 3 is 2.22 bits per heavy atom. The molecule has 1 saturated heterocycles. The maximum Gasteiger partial charge on any atom is 0.494 e. The van der Waals surface area contributed by atoms with E-state index in [2.05, 4.69) is 58.9 Å². The summed E-state index contributed by atoms with van der Waals surface area (Å²) in [5, 5.41) is 0. The van der Waals surface area contributed by atoms with Crippen LogP contribution in [-0.2, 0) is 15.7 Å². The van der Waals surface area contributed by atoms with Crippen molar-refractivity contribution in [2.75, 3.05) is 6.61 Å².